The minimum atomic E-state index is -2.24. The third kappa shape index (κ3) is 16.9. The molecule has 7 aliphatic heterocycles. The van der Waals surface area contributed by atoms with Crippen LogP contribution in [0.15, 0.2) is 84.1 Å². The topological polar surface area (TPSA) is 511 Å². The van der Waals surface area contributed by atoms with Crippen LogP contribution in [0.1, 0.15) is 117 Å². The summed E-state index contributed by atoms with van der Waals surface area (Å²) in [6.07, 6.45) is -18.4. The van der Waals surface area contributed by atoms with Crippen LogP contribution >= 0.6 is 23.2 Å². The molecule has 0 spiro atoms. The van der Waals surface area contributed by atoms with E-state index in [2.05, 4.69) is 42.7 Å². The lowest BCUT2D eigenvalue weighted by Crippen LogP contribution is -2.64. The lowest BCUT2D eigenvalue weighted by atomic mass is 9.82. The molecule has 2 saturated heterocycles. The zero-order valence-electron chi connectivity index (χ0n) is 57.3. The van der Waals surface area contributed by atoms with Crippen molar-refractivity contribution in [2.75, 3.05) is 20.7 Å². The molecule has 4 aromatic rings. The van der Waals surface area contributed by atoms with E-state index in [9.17, 15) is 60.0 Å². The highest BCUT2D eigenvalue weighted by Gasteiger charge is 2.52. The number of amides is 7. The van der Waals surface area contributed by atoms with E-state index in [1.165, 1.54) is 82.5 Å². The van der Waals surface area contributed by atoms with Crippen LogP contribution in [-0.4, -0.2) is 200 Å². The van der Waals surface area contributed by atoms with Gasteiger partial charge in [-0.15, -0.1) is 0 Å². The van der Waals surface area contributed by atoms with Crippen molar-refractivity contribution in [2.24, 2.45) is 17.4 Å². The Bertz CT molecular complexity index is 4050. The Morgan fingerprint density at radius 1 is 0.760 bits per heavy atom. The number of ether oxygens (including phenoxy) is 6. The molecule has 0 radical (unpaired) electrons. The summed E-state index contributed by atoms with van der Waals surface area (Å²) in [4.78, 5) is 123. The molecule has 19 atom stereocenters. The number of rotatable bonds is 16. The van der Waals surface area contributed by atoms with Crippen molar-refractivity contribution in [3.63, 3.8) is 0 Å². The van der Waals surface area contributed by atoms with Crippen molar-refractivity contribution >= 4 is 76.1 Å². The minimum absolute atomic E-state index is 0.0765. The first-order chi connectivity index (χ1) is 49.2. The molecule has 104 heavy (non-hydrogen) atoms. The van der Waals surface area contributed by atoms with E-state index in [1.54, 1.807) is 6.92 Å². The summed E-state index contributed by atoms with van der Waals surface area (Å²) < 4.78 is 38.6. The number of likely N-dealkylation sites (N-methyl/N-ethyl adjacent to an activating group) is 1. The second kappa shape index (κ2) is 32.4. The van der Waals surface area contributed by atoms with Gasteiger partial charge in [-0.25, -0.2) is 10.3 Å². The number of nitrogens with two attached hydrogens (primary N) is 2. The number of aliphatic hydroxyl groups excluding tert-OH is 7. The van der Waals surface area contributed by atoms with Crippen molar-refractivity contribution in [3.8, 4) is 28.7 Å². The van der Waals surface area contributed by atoms with Crippen molar-refractivity contribution in [3.05, 3.63) is 128 Å². The molecule has 12 rings (SSSR count). The van der Waals surface area contributed by atoms with Gasteiger partial charge in [0, 0.05) is 37.4 Å². The number of hydrogen-bond donors (Lipinski definition) is 18. The fourth-order valence-electron chi connectivity index (χ4n) is 13.2. The van der Waals surface area contributed by atoms with Gasteiger partial charge in [-0.1, -0.05) is 61.3 Å². The maximum absolute atomic E-state index is 16.2. The van der Waals surface area contributed by atoms with Gasteiger partial charge in [0.25, 0.3) is 0 Å². The summed E-state index contributed by atoms with van der Waals surface area (Å²) >= 11 is 14.2. The quantitative estimate of drug-likeness (QED) is 0.0678. The Hall–Kier alpha value is -8.62. The molecule has 562 valence electrons. The number of aliphatic hydroxyl groups is 7. The Kier molecular flexibility index (Phi) is 24.3. The van der Waals surface area contributed by atoms with Gasteiger partial charge in [0.1, 0.15) is 84.1 Å². The molecule has 7 unspecified atom stereocenters. The smallest absolute Gasteiger partial charge is 0.330 e. The van der Waals surface area contributed by atoms with Crippen molar-refractivity contribution in [1.82, 2.24) is 42.7 Å². The molecule has 35 heteroatoms. The van der Waals surface area contributed by atoms with Gasteiger partial charge < -0.3 is 118 Å². The number of fused-ring (bicyclic) bond motifs is 15. The number of benzene rings is 4. The first-order valence-electron chi connectivity index (χ1n) is 33.3. The number of halogens is 2. The lowest BCUT2D eigenvalue weighted by Gasteiger charge is -2.47. The average Bonchev–Trinajstić information content (AvgIpc) is 0.771. The summed E-state index contributed by atoms with van der Waals surface area (Å²) in [5.41, 5.74) is 12.5. The number of hydrogen-bond acceptors (Lipinski definition) is 25. The molecule has 8 aliphatic rings. The number of nitrogens with one attached hydrogen (secondary N) is 8. The number of carbonyl (C=O) groups is 8. The van der Waals surface area contributed by atoms with E-state index >= 15 is 19.2 Å². The van der Waals surface area contributed by atoms with E-state index in [0.29, 0.717) is 5.56 Å². The fraction of sp³-hybridized carbons (Fsp3) is 0.478. The highest BCUT2D eigenvalue weighted by atomic mass is 35.5. The Morgan fingerprint density at radius 3 is 1.96 bits per heavy atom. The molecular formula is C69H84Cl2N10O23. The second-order valence-corrected chi connectivity index (χ2v) is 27.7. The normalized spacial score (nSPS) is 30.6. The zero-order chi connectivity index (χ0) is 75.7. The van der Waals surface area contributed by atoms with Crippen molar-refractivity contribution < 1.29 is 112 Å². The SMILES string of the molecule is CNOC1C=C2C(=C(O)C1)c1cc(ccc1C)C1NC(=O)[C@@H]3NC(=O)[C@H](CCC(N)=O)NC(=O)[C@H](NC(=O)[C@@H](CC(C)C)NC)[C@H](O)c4ccc(c(Cl)c4)Oc4cc3cc(c4O[C@H]3OC(CO)C(O)[C@H](O)C3O[C@@H]3CC(C)(N)[C@H](O)C(C)O3)Oc3ccc(cc3Cl)[C@@H](O)[C@H](NC1=O)C(=O)N[C@@H]2C(=O)O. The van der Waals surface area contributed by atoms with Crippen LogP contribution in [0, 0.1) is 12.8 Å². The molecule has 20 N–H and O–H groups in total. The molecular weight excluding hydrogens is 1410 g/mol. The van der Waals surface area contributed by atoms with Crippen LogP contribution in [0.4, 0.5) is 0 Å². The van der Waals surface area contributed by atoms with Crippen LogP contribution in [0.2, 0.25) is 10.0 Å². The minimum Gasteiger partial charge on any atom is -0.512 e. The highest BCUT2D eigenvalue weighted by Crippen LogP contribution is 2.49. The molecule has 7 amide bonds. The fourth-order valence-corrected chi connectivity index (χ4v) is 13.7. The zero-order valence-corrected chi connectivity index (χ0v) is 58.8. The summed E-state index contributed by atoms with van der Waals surface area (Å²) in [6, 6.07) is 0.153. The first kappa shape index (κ1) is 78.0. The average molecular weight is 1490 g/mol. The molecule has 33 nitrogen and oxygen atoms in total. The largest absolute Gasteiger partial charge is 0.512 e. The first-order valence-corrected chi connectivity index (χ1v) is 34.1. The van der Waals surface area contributed by atoms with E-state index < -0.39 is 210 Å². The maximum atomic E-state index is 16.2. The van der Waals surface area contributed by atoms with Crippen LogP contribution in [0.25, 0.3) is 5.57 Å². The monoisotopic (exact) mass is 1490 g/mol. The van der Waals surface area contributed by atoms with Crippen molar-refractivity contribution in [2.45, 2.75) is 182 Å². The number of carbonyl (C=O) groups excluding carboxylic acids is 7. The molecule has 0 aromatic heterocycles. The van der Waals surface area contributed by atoms with Gasteiger partial charge in [0.15, 0.2) is 29.9 Å². The highest BCUT2D eigenvalue weighted by molar-refractivity contribution is 6.32. The van der Waals surface area contributed by atoms with Gasteiger partial charge >= 0.3 is 5.97 Å². The number of aliphatic carboxylic acids is 1. The number of aryl methyl sites for hydroxylation is 1. The van der Waals surface area contributed by atoms with Crippen LogP contribution in [-0.2, 0) is 57.4 Å². The van der Waals surface area contributed by atoms with Crippen LogP contribution in [0.3, 0.4) is 0 Å². The van der Waals surface area contributed by atoms with Crippen LogP contribution in [0.5, 0.6) is 28.7 Å². The third-order valence-electron chi connectivity index (χ3n) is 18.8. The van der Waals surface area contributed by atoms with Crippen LogP contribution < -0.4 is 68.4 Å². The molecule has 11 bridgehead atoms. The van der Waals surface area contributed by atoms with E-state index in [-0.39, 0.29) is 80.7 Å². The second-order valence-electron chi connectivity index (χ2n) is 26.9. The van der Waals surface area contributed by atoms with E-state index in [1.807, 2.05) is 13.8 Å². The predicted molar refractivity (Wildman–Crippen MR) is 365 cm³/mol. The lowest BCUT2D eigenvalue weighted by molar-refractivity contribution is -0.333. The maximum Gasteiger partial charge on any atom is 0.330 e. The molecule has 4 aromatic carbocycles. The van der Waals surface area contributed by atoms with E-state index in [4.69, 9.17) is 67.9 Å². The van der Waals surface area contributed by atoms with Gasteiger partial charge in [0.05, 0.1) is 34.9 Å². The van der Waals surface area contributed by atoms with Crippen molar-refractivity contribution in [1.29, 1.82) is 0 Å². The third-order valence-corrected chi connectivity index (χ3v) is 19.4. The Balaban J connectivity index is 1.24. The summed E-state index contributed by atoms with van der Waals surface area (Å²) in [7, 11) is 2.92. The number of primary amides is 1. The van der Waals surface area contributed by atoms with Gasteiger partial charge in [-0.3, -0.25) is 38.4 Å². The van der Waals surface area contributed by atoms with Gasteiger partial charge in [0.2, 0.25) is 53.4 Å². The van der Waals surface area contributed by atoms with Gasteiger partial charge in [-0.2, -0.15) is 0 Å². The molecule has 1 aliphatic carbocycles. The van der Waals surface area contributed by atoms with Gasteiger partial charge in [-0.05, 0) is 134 Å². The molecule has 7 heterocycles. The Labute approximate surface area is 605 Å². The summed E-state index contributed by atoms with van der Waals surface area (Å²) in [6.45, 7) is 7.35. The summed E-state index contributed by atoms with van der Waals surface area (Å²) in [5.74, 6) is -12.8. The predicted octanol–water partition coefficient (Wildman–Crippen LogP) is 0.467. The van der Waals surface area contributed by atoms with E-state index in [0.717, 1.165) is 18.2 Å². The number of carboxylic acid groups (broad SMARTS) is 1. The standard InChI is InChI=1S/C69H84Cl2N10O23/c1-26(2)16-39(74-6)62(91)80-52-54(85)30-10-13-41(36(70)18-30)99-43-20-32-21-44(58(43)103-68-59(57(88)56(87)45(25-82)101-68)102-47-24-69(5,73)60(89)28(4)98-47)100-42-14-11-31(19-37(42)71)55(86)53-66(95)79-51(67(96)97)35-22-33(104-75-7)23-40(83)48(35)34-17-29(9-8-27(34)3)49(63(92)81-53)78-64(93)50(32)77-61(90)38(76-65(52)94)12-15-46(72)84/h8-11,13-14,17-22,26,28,33,38-39,45,47,49-57,59-60,68,74-75,82-83,85-89H,12,15-16,23-25,73H2,1-7H3,(H2,72,84)(H,76,94)(H,77,90)(H,78,93)(H,79,95)(H,80,91)(H,81,92)(H,96,97)/t28?,33?,38-,39+,45?,47+,49?,50+,51-,52+,53-,54+,55+,56?,57-,59?,60+,68+,69?/m0/s1. The summed E-state index contributed by atoms with van der Waals surface area (Å²) in [5, 5.41) is 110. The number of hydroxylamine groups is 1. The number of carboxylic acids is 1. The molecule has 2 fully saturated rings. The molecule has 0 saturated carbocycles. The Morgan fingerprint density at radius 2 is 1.38 bits per heavy atom.